The molecule has 0 atom stereocenters. The van der Waals surface area contributed by atoms with Gasteiger partial charge in [0.25, 0.3) is 0 Å². The zero-order chi connectivity index (χ0) is 35.6. The first-order valence-corrected chi connectivity index (χ1v) is 18.3. The lowest BCUT2D eigenvalue weighted by atomic mass is 10.0. The quantitative estimate of drug-likeness (QED) is 0.180. The molecule has 0 aliphatic carbocycles. The molecular formula is C50H32N4. The molecule has 0 radical (unpaired) electrons. The van der Waals surface area contributed by atoms with Crippen LogP contribution in [-0.4, -0.2) is 19.1 Å². The second kappa shape index (κ2) is 12.1. The van der Waals surface area contributed by atoms with Crippen molar-refractivity contribution in [1.29, 1.82) is 0 Å². The van der Waals surface area contributed by atoms with Crippen LogP contribution in [-0.2, 0) is 0 Å². The van der Waals surface area contributed by atoms with E-state index in [0.717, 1.165) is 50.3 Å². The van der Waals surface area contributed by atoms with E-state index in [1.165, 1.54) is 43.4 Å². The molecule has 11 rings (SSSR count). The number of benzene rings is 8. The Morgan fingerprint density at radius 1 is 0.333 bits per heavy atom. The lowest BCUT2D eigenvalue weighted by Crippen LogP contribution is -2.04. The molecule has 0 fully saturated rings. The first kappa shape index (κ1) is 30.3. The number of fused-ring (bicyclic) bond motifs is 8. The van der Waals surface area contributed by atoms with Gasteiger partial charge in [-0.15, -0.1) is 0 Å². The standard InChI is InChI=1S/C50H32N4/c1-4-14-33(15-5-1)34-24-26-39(27-25-34)53-45-23-13-12-22-41(45)48-46(53)29-28-40-42-30-37-20-10-11-21-38(37)31-47(42)54(49(40)48)50-51-43(35-16-6-2-7-17-35)32-44(52-50)36-18-8-3-9-19-36/h1-32H. The average molecular weight is 689 g/mol. The first-order chi connectivity index (χ1) is 26.8. The van der Waals surface area contributed by atoms with Crippen molar-refractivity contribution in [1.82, 2.24) is 19.1 Å². The van der Waals surface area contributed by atoms with Crippen molar-refractivity contribution in [3.63, 3.8) is 0 Å². The van der Waals surface area contributed by atoms with Crippen molar-refractivity contribution in [2.24, 2.45) is 0 Å². The van der Waals surface area contributed by atoms with E-state index in [4.69, 9.17) is 9.97 Å². The van der Waals surface area contributed by atoms with Gasteiger partial charge < -0.3 is 4.57 Å². The molecule has 0 aliphatic rings. The van der Waals surface area contributed by atoms with Gasteiger partial charge in [0.2, 0.25) is 5.95 Å². The molecule has 3 aromatic heterocycles. The third-order valence-corrected chi connectivity index (χ3v) is 10.7. The minimum atomic E-state index is 0.641. The molecule has 0 saturated carbocycles. The highest BCUT2D eigenvalue weighted by molar-refractivity contribution is 6.27. The van der Waals surface area contributed by atoms with E-state index in [-0.39, 0.29) is 0 Å². The number of aromatic nitrogens is 4. The maximum atomic E-state index is 5.39. The Balaban J connectivity index is 1.26. The third kappa shape index (κ3) is 4.78. The zero-order valence-electron chi connectivity index (χ0n) is 29.3. The van der Waals surface area contributed by atoms with Crippen molar-refractivity contribution in [2.75, 3.05) is 0 Å². The highest BCUT2D eigenvalue weighted by Gasteiger charge is 2.23. The summed E-state index contributed by atoms with van der Waals surface area (Å²) in [6, 6.07) is 69.0. The maximum absolute atomic E-state index is 5.39. The van der Waals surface area contributed by atoms with Gasteiger partial charge in [-0.3, -0.25) is 4.57 Å². The van der Waals surface area contributed by atoms with Crippen LogP contribution >= 0.6 is 0 Å². The van der Waals surface area contributed by atoms with Gasteiger partial charge in [-0.1, -0.05) is 152 Å². The first-order valence-electron chi connectivity index (χ1n) is 18.3. The molecule has 4 heteroatoms. The van der Waals surface area contributed by atoms with Crippen LogP contribution < -0.4 is 0 Å². The molecule has 0 bridgehead atoms. The molecule has 0 spiro atoms. The molecule has 0 N–H and O–H groups in total. The Labute approximate surface area is 311 Å². The van der Waals surface area contributed by atoms with Crippen LogP contribution in [0.3, 0.4) is 0 Å². The third-order valence-electron chi connectivity index (χ3n) is 10.7. The van der Waals surface area contributed by atoms with Crippen LogP contribution in [0.15, 0.2) is 194 Å². The SMILES string of the molecule is c1ccc(-c2ccc(-n3c4ccccc4c4c3ccc3c5cc6ccccc6cc5n(-c5nc(-c6ccccc6)cc(-c6ccccc6)n5)c34)cc2)cc1. The fourth-order valence-corrected chi connectivity index (χ4v) is 8.21. The van der Waals surface area contributed by atoms with Crippen LogP contribution in [0.1, 0.15) is 0 Å². The Kier molecular flexibility index (Phi) is 6.82. The number of para-hydroxylation sites is 1. The van der Waals surface area contributed by atoms with Crippen molar-refractivity contribution in [2.45, 2.75) is 0 Å². The lowest BCUT2D eigenvalue weighted by Gasteiger charge is -2.13. The maximum Gasteiger partial charge on any atom is 0.235 e. The fraction of sp³-hybridized carbons (Fsp3) is 0. The van der Waals surface area contributed by atoms with E-state index in [0.29, 0.717) is 5.95 Å². The van der Waals surface area contributed by atoms with Gasteiger partial charge in [-0.2, -0.15) is 0 Å². The monoisotopic (exact) mass is 688 g/mol. The highest BCUT2D eigenvalue weighted by Crippen LogP contribution is 2.43. The summed E-state index contributed by atoms with van der Waals surface area (Å²) in [7, 11) is 0. The van der Waals surface area contributed by atoms with Gasteiger partial charge in [0.15, 0.2) is 0 Å². The molecule has 0 aliphatic heterocycles. The summed E-state index contributed by atoms with van der Waals surface area (Å²) in [4.78, 5) is 10.8. The summed E-state index contributed by atoms with van der Waals surface area (Å²) in [5.41, 5.74) is 11.8. The van der Waals surface area contributed by atoms with Crippen molar-refractivity contribution >= 4 is 54.4 Å². The molecule has 54 heavy (non-hydrogen) atoms. The average Bonchev–Trinajstić information content (AvgIpc) is 3.76. The van der Waals surface area contributed by atoms with Gasteiger partial charge in [0.1, 0.15) is 0 Å². The number of rotatable bonds is 5. The van der Waals surface area contributed by atoms with Crippen molar-refractivity contribution in [3.8, 4) is 45.3 Å². The van der Waals surface area contributed by atoms with E-state index in [1.807, 2.05) is 12.1 Å². The summed E-state index contributed by atoms with van der Waals surface area (Å²) in [5, 5.41) is 7.07. The largest absolute Gasteiger partial charge is 0.309 e. The summed E-state index contributed by atoms with van der Waals surface area (Å²) in [6.07, 6.45) is 0. The minimum Gasteiger partial charge on any atom is -0.309 e. The molecular weight excluding hydrogens is 657 g/mol. The normalized spacial score (nSPS) is 11.7. The van der Waals surface area contributed by atoms with Crippen molar-refractivity contribution < 1.29 is 0 Å². The second-order valence-corrected chi connectivity index (χ2v) is 13.8. The number of hydrogen-bond donors (Lipinski definition) is 0. The van der Waals surface area contributed by atoms with Gasteiger partial charge in [-0.05, 0) is 64.4 Å². The van der Waals surface area contributed by atoms with Crippen molar-refractivity contribution in [3.05, 3.63) is 194 Å². The van der Waals surface area contributed by atoms with Crippen LogP contribution in [0, 0.1) is 0 Å². The summed E-state index contributed by atoms with van der Waals surface area (Å²) >= 11 is 0. The molecule has 11 aromatic rings. The van der Waals surface area contributed by atoms with Crippen LogP contribution in [0.25, 0.3) is 99.7 Å². The zero-order valence-corrected chi connectivity index (χ0v) is 29.3. The lowest BCUT2D eigenvalue weighted by molar-refractivity contribution is 0.998. The smallest absolute Gasteiger partial charge is 0.235 e. The molecule has 0 amide bonds. The van der Waals surface area contributed by atoms with Gasteiger partial charge in [0, 0.05) is 38.4 Å². The Morgan fingerprint density at radius 2 is 0.889 bits per heavy atom. The van der Waals surface area contributed by atoms with E-state index < -0.39 is 0 Å². The Bertz CT molecular complexity index is 3120. The van der Waals surface area contributed by atoms with Crippen LogP contribution in [0.2, 0.25) is 0 Å². The topological polar surface area (TPSA) is 35.6 Å². The summed E-state index contributed by atoms with van der Waals surface area (Å²) < 4.78 is 4.71. The Morgan fingerprint density at radius 3 is 1.56 bits per heavy atom. The predicted octanol–water partition coefficient (Wildman–Crippen LogP) is 12.8. The molecule has 0 unspecified atom stereocenters. The molecule has 0 saturated heterocycles. The summed E-state index contributed by atoms with van der Waals surface area (Å²) in [6.45, 7) is 0. The molecule has 4 nitrogen and oxygen atoms in total. The van der Waals surface area contributed by atoms with E-state index in [9.17, 15) is 0 Å². The van der Waals surface area contributed by atoms with E-state index in [1.54, 1.807) is 0 Å². The summed E-state index contributed by atoms with van der Waals surface area (Å²) in [5.74, 6) is 0.641. The van der Waals surface area contributed by atoms with Gasteiger partial charge in [0.05, 0.1) is 33.5 Å². The van der Waals surface area contributed by atoms with E-state index >= 15 is 0 Å². The predicted molar refractivity (Wildman–Crippen MR) is 225 cm³/mol. The molecule has 3 heterocycles. The molecule has 252 valence electrons. The van der Waals surface area contributed by atoms with Crippen LogP contribution in [0.4, 0.5) is 0 Å². The minimum absolute atomic E-state index is 0.641. The number of nitrogens with zero attached hydrogens (tertiary/aromatic N) is 4. The second-order valence-electron chi connectivity index (χ2n) is 13.8. The van der Waals surface area contributed by atoms with E-state index in [2.05, 4.69) is 191 Å². The van der Waals surface area contributed by atoms with Crippen LogP contribution in [0.5, 0.6) is 0 Å². The highest BCUT2D eigenvalue weighted by atomic mass is 15.2. The Hall–Kier alpha value is -7.30. The fourth-order valence-electron chi connectivity index (χ4n) is 8.21. The molecule has 8 aromatic carbocycles. The van der Waals surface area contributed by atoms with Gasteiger partial charge in [-0.25, -0.2) is 9.97 Å². The van der Waals surface area contributed by atoms with Gasteiger partial charge >= 0.3 is 0 Å². The number of hydrogen-bond acceptors (Lipinski definition) is 2.